The molecule has 0 saturated carbocycles. The van der Waals surface area contributed by atoms with Crippen molar-refractivity contribution >= 4 is 29.1 Å². The van der Waals surface area contributed by atoms with Gasteiger partial charge in [0.1, 0.15) is 12.6 Å². The van der Waals surface area contributed by atoms with E-state index in [0.29, 0.717) is 17.3 Å². The zero-order chi connectivity index (χ0) is 17.8. The molecule has 2 aromatic rings. The molecule has 6 heteroatoms. The molecule has 0 spiro atoms. The summed E-state index contributed by atoms with van der Waals surface area (Å²) in [6, 6.07) is 14.2. The van der Waals surface area contributed by atoms with Gasteiger partial charge in [-0.25, -0.2) is 0 Å². The first-order valence-electron chi connectivity index (χ1n) is 8.03. The summed E-state index contributed by atoms with van der Waals surface area (Å²) in [4.78, 5) is 26.6. The van der Waals surface area contributed by atoms with Gasteiger partial charge in [0.2, 0.25) is 11.8 Å². The van der Waals surface area contributed by atoms with Crippen LogP contribution in [-0.2, 0) is 20.9 Å². The zero-order valence-electron chi connectivity index (χ0n) is 13.9. The van der Waals surface area contributed by atoms with E-state index in [1.807, 2.05) is 37.3 Å². The third-order valence-electron chi connectivity index (χ3n) is 4.22. The van der Waals surface area contributed by atoms with Gasteiger partial charge in [-0.3, -0.25) is 9.59 Å². The maximum absolute atomic E-state index is 12.7. The topological polar surface area (TPSA) is 58.6 Å². The molecule has 2 aromatic carbocycles. The van der Waals surface area contributed by atoms with Crippen LogP contribution in [0.2, 0.25) is 5.02 Å². The average molecular weight is 359 g/mol. The number of hydrogen-bond donors (Lipinski definition) is 1. The number of carbonyl (C=O) groups excluding carboxylic acids is 2. The number of ether oxygens (including phenoxy) is 1. The summed E-state index contributed by atoms with van der Waals surface area (Å²) < 4.78 is 5.30. The third kappa shape index (κ3) is 4.00. The van der Waals surface area contributed by atoms with Crippen molar-refractivity contribution in [3.05, 3.63) is 64.7 Å². The fraction of sp³-hybridized carbons (Fsp3) is 0.263. The Kier molecular flexibility index (Phi) is 5.36. The fourth-order valence-electron chi connectivity index (χ4n) is 2.76. The van der Waals surface area contributed by atoms with Gasteiger partial charge < -0.3 is 15.0 Å². The van der Waals surface area contributed by atoms with Gasteiger partial charge in [0, 0.05) is 17.3 Å². The second kappa shape index (κ2) is 7.68. The molecule has 1 saturated heterocycles. The summed E-state index contributed by atoms with van der Waals surface area (Å²) in [5, 5.41) is 3.44. The fourth-order valence-corrected chi connectivity index (χ4v) is 2.93. The SMILES string of the molecule is Cc1c(Cl)cccc1NC(=O)C1COCC(=O)N1Cc1ccccc1. The average Bonchev–Trinajstić information content (AvgIpc) is 2.61. The van der Waals surface area contributed by atoms with Crippen LogP contribution in [0.3, 0.4) is 0 Å². The monoisotopic (exact) mass is 358 g/mol. The molecule has 1 fully saturated rings. The Morgan fingerprint density at radius 1 is 1.24 bits per heavy atom. The summed E-state index contributed by atoms with van der Waals surface area (Å²) in [6.07, 6.45) is 0. The lowest BCUT2D eigenvalue weighted by Crippen LogP contribution is -2.54. The Bertz CT molecular complexity index is 779. The Morgan fingerprint density at radius 2 is 2.00 bits per heavy atom. The second-order valence-electron chi connectivity index (χ2n) is 5.94. The highest BCUT2D eigenvalue weighted by molar-refractivity contribution is 6.31. The van der Waals surface area contributed by atoms with E-state index in [1.54, 1.807) is 23.1 Å². The van der Waals surface area contributed by atoms with Crippen molar-refractivity contribution < 1.29 is 14.3 Å². The third-order valence-corrected chi connectivity index (χ3v) is 4.63. The first-order chi connectivity index (χ1) is 12.1. The number of benzene rings is 2. The number of morpholine rings is 1. The summed E-state index contributed by atoms with van der Waals surface area (Å²) in [6.45, 7) is 2.37. The molecule has 0 bridgehead atoms. The van der Waals surface area contributed by atoms with Gasteiger partial charge in [-0.05, 0) is 30.2 Å². The molecule has 25 heavy (non-hydrogen) atoms. The van der Waals surface area contributed by atoms with E-state index in [2.05, 4.69) is 5.32 Å². The summed E-state index contributed by atoms with van der Waals surface area (Å²) in [5.41, 5.74) is 2.39. The molecule has 1 atom stereocenters. The Balaban J connectivity index is 1.78. The molecule has 2 amide bonds. The van der Waals surface area contributed by atoms with E-state index in [9.17, 15) is 9.59 Å². The molecule has 0 radical (unpaired) electrons. The number of amides is 2. The molecular weight excluding hydrogens is 340 g/mol. The minimum atomic E-state index is -0.681. The first kappa shape index (κ1) is 17.5. The van der Waals surface area contributed by atoms with Crippen molar-refractivity contribution in [1.82, 2.24) is 4.90 Å². The number of hydrogen-bond acceptors (Lipinski definition) is 3. The van der Waals surface area contributed by atoms with Gasteiger partial charge in [0.05, 0.1) is 6.61 Å². The predicted molar refractivity (Wildman–Crippen MR) is 96.4 cm³/mol. The molecule has 0 aromatic heterocycles. The van der Waals surface area contributed by atoms with E-state index in [1.165, 1.54) is 0 Å². The highest BCUT2D eigenvalue weighted by atomic mass is 35.5. The quantitative estimate of drug-likeness (QED) is 0.914. The lowest BCUT2D eigenvalue weighted by molar-refractivity contribution is -0.154. The van der Waals surface area contributed by atoms with Crippen molar-refractivity contribution in [2.45, 2.75) is 19.5 Å². The largest absolute Gasteiger partial charge is 0.369 e. The second-order valence-corrected chi connectivity index (χ2v) is 6.35. The minimum absolute atomic E-state index is 0.00714. The van der Waals surface area contributed by atoms with Crippen LogP contribution in [0, 0.1) is 6.92 Å². The number of carbonyl (C=O) groups is 2. The molecule has 3 rings (SSSR count). The van der Waals surface area contributed by atoms with Crippen LogP contribution in [0.5, 0.6) is 0 Å². The van der Waals surface area contributed by atoms with Crippen molar-refractivity contribution in [2.75, 3.05) is 18.5 Å². The summed E-state index contributed by atoms with van der Waals surface area (Å²) >= 11 is 6.10. The molecule has 1 unspecified atom stereocenters. The van der Waals surface area contributed by atoms with E-state index in [0.717, 1.165) is 11.1 Å². The van der Waals surface area contributed by atoms with Gasteiger partial charge in [-0.15, -0.1) is 0 Å². The van der Waals surface area contributed by atoms with Gasteiger partial charge >= 0.3 is 0 Å². The number of anilines is 1. The smallest absolute Gasteiger partial charge is 0.249 e. The van der Waals surface area contributed by atoms with Crippen molar-refractivity contribution in [3.8, 4) is 0 Å². The molecular formula is C19H19ClN2O3. The molecule has 5 nitrogen and oxygen atoms in total. The molecule has 1 aliphatic heterocycles. The highest BCUT2D eigenvalue weighted by Crippen LogP contribution is 2.24. The standard InChI is InChI=1S/C19H19ClN2O3/c1-13-15(20)8-5-9-16(13)21-19(24)17-11-25-12-18(23)22(17)10-14-6-3-2-4-7-14/h2-9,17H,10-12H2,1H3,(H,21,24). The Hall–Kier alpha value is -2.37. The van der Waals surface area contributed by atoms with E-state index in [-0.39, 0.29) is 25.0 Å². The molecule has 0 aliphatic carbocycles. The van der Waals surface area contributed by atoms with Crippen LogP contribution >= 0.6 is 11.6 Å². The first-order valence-corrected chi connectivity index (χ1v) is 8.41. The normalized spacial score (nSPS) is 17.4. The number of halogens is 1. The van der Waals surface area contributed by atoms with Gasteiger partial charge in [-0.1, -0.05) is 48.0 Å². The van der Waals surface area contributed by atoms with Crippen LogP contribution < -0.4 is 5.32 Å². The Labute approximate surface area is 151 Å². The molecule has 1 heterocycles. The van der Waals surface area contributed by atoms with Gasteiger partial charge in [-0.2, -0.15) is 0 Å². The minimum Gasteiger partial charge on any atom is -0.369 e. The summed E-state index contributed by atoms with van der Waals surface area (Å²) in [5.74, 6) is -0.479. The molecule has 130 valence electrons. The van der Waals surface area contributed by atoms with E-state index >= 15 is 0 Å². The van der Waals surface area contributed by atoms with E-state index in [4.69, 9.17) is 16.3 Å². The van der Waals surface area contributed by atoms with Crippen LogP contribution in [0.15, 0.2) is 48.5 Å². The number of nitrogens with zero attached hydrogens (tertiary/aromatic N) is 1. The molecule has 1 N–H and O–H groups in total. The van der Waals surface area contributed by atoms with Crippen molar-refractivity contribution in [3.63, 3.8) is 0 Å². The highest BCUT2D eigenvalue weighted by Gasteiger charge is 2.34. The van der Waals surface area contributed by atoms with Crippen molar-refractivity contribution in [2.24, 2.45) is 0 Å². The van der Waals surface area contributed by atoms with Crippen LogP contribution in [0.1, 0.15) is 11.1 Å². The van der Waals surface area contributed by atoms with Crippen LogP contribution in [0.4, 0.5) is 5.69 Å². The zero-order valence-corrected chi connectivity index (χ0v) is 14.6. The maximum Gasteiger partial charge on any atom is 0.249 e. The van der Waals surface area contributed by atoms with Crippen LogP contribution in [0.25, 0.3) is 0 Å². The van der Waals surface area contributed by atoms with Crippen LogP contribution in [-0.4, -0.2) is 36.0 Å². The van der Waals surface area contributed by atoms with Gasteiger partial charge in [0.25, 0.3) is 0 Å². The van der Waals surface area contributed by atoms with Crippen molar-refractivity contribution in [1.29, 1.82) is 0 Å². The maximum atomic E-state index is 12.7. The summed E-state index contributed by atoms with van der Waals surface area (Å²) in [7, 11) is 0. The number of nitrogens with one attached hydrogen (secondary N) is 1. The van der Waals surface area contributed by atoms with Gasteiger partial charge in [0.15, 0.2) is 0 Å². The number of rotatable bonds is 4. The predicted octanol–water partition coefficient (Wildman–Crippen LogP) is 3.01. The Morgan fingerprint density at radius 3 is 2.76 bits per heavy atom. The molecule has 1 aliphatic rings. The lowest BCUT2D eigenvalue weighted by Gasteiger charge is -2.34. The van der Waals surface area contributed by atoms with E-state index < -0.39 is 6.04 Å². The lowest BCUT2D eigenvalue weighted by atomic mass is 10.1.